The van der Waals surface area contributed by atoms with Crippen molar-refractivity contribution in [2.45, 2.75) is 39.5 Å². The number of hydrogen-bond acceptors (Lipinski definition) is 4. The molecule has 0 N–H and O–H groups in total. The lowest BCUT2D eigenvalue weighted by Crippen LogP contribution is -2.44. The zero-order valence-electron chi connectivity index (χ0n) is 13.2. The van der Waals surface area contributed by atoms with Gasteiger partial charge in [-0.3, -0.25) is 4.90 Å². The second-order valence-corrected chi connectivity index (χ2v) is 5.95. The summed E-state index contributed by atoms with van der Waals surface area (Å²) in [6.07, 6.45) is 0.420. The van der Waals surface area contributed by atoms with Crippen molar-refractivity contribution < 1.29 is 13.5 Å². The average Bonchev–Trinajstić information content (AvgIpc) is 2.79. The van der Waals surface area contributed by atoms with Gasteiger partial charge in [0.15, 0.2) is 0 Å². The van der Waals surface area contributed by atoms with Gasteiger partial charge >= 0.3 is 0 Å². The molecule has 0 amide bonds. The van der Waals surface area contributed by atoms with E-state index in [1.165, 1.54) is 6.07 Å². The summed E-state index contributed by atoms with van der Waals surface area (Å²) < 4.78 is 25.3. The number of ether oxygens (including phenoxy) is 1. The number of aromatic nitrogens is 1. The first-order chi connectivity index (χ1) is 10.5. The van der Waals surface area contributed by atoms with Crippen LogP contribution in [0.4, 0.5) is 4.39 Å². The number of benzene rings is 1. The fraction of sp³-hybridized carbons (Fsp3) is 0.471. The zero-order valence-corrected chi connectivity index (χ0v) is 13.2. The van der Waals surface area contributed by atoms with Gasteiger partial charge in [-0.2, -0.15) is 0 Å². The van der Waals surface area contributed by atoms with Gasteiger partial charge in [-0.15, -0.1) is 0 Å². The van der Waals surface area contributed by atoms with E-state index in [4.69, 9.17) is 9.15 Å². The fourth-order valence-electron chi connectivity index (χ4n) is 2.95. The quantitative estimate of drug-likeness (QED) is 0.871. The minimum Gasteiger partial charge on any atom is -0.441 e. The molecule has 1 aromatic carbocycles. The SMILES string of the molecule is Cc1oc(-c2ccccc2F)nc1CN1C[C@@H](C)O[C@@H](C)C1. The van der Waals surface area contributed by atoms with Gasteiger partial charge in [-0.05, 0) is 32.9 Å². The van der Waals surface area contributed by atoms with E-state index in [1.54, 1.807) is 18.2 Å². The van der Waals surface area contributed by atoms with E-state index >= 15 is 0 Å². The van der Waals surface area contributed by atoms with Gasteiger partial charge in [-0.1, -0.05) is 12.1 Å². The van der Waals surface area contributed by atoms with Crippen LogP contribution in [-0.2, 0) is 11.3 Å². The first-order valence-corrected chi connectivity index (χ1v) is 7.62. The van der Waals surface area contributed by atoms with Crippen molar-refractivity contribution in [3.63, 3.8) is 0 Å². The summed E-state index contributed by atoms with van der Waals surface area (Å²) in [5.74, 6) is 0.772. The number of nitrogens with zero attached hydrogens (tertiary/aromatic N) is 2. The molecule has 0 radical (unpaired) electrons. The molecular weight excluding hydrogens is 283 g/mol. The van der Waals surface area contributed by atoms with Crippen molar-refractivity contribution >= 4 is 0 Å². The van der Waals surface area contributed by atoms with Gasteiger partial charge < -0.3 is 9.15 Å². The van der Waals surface area contributed by atoms with Crippen LogP contribution < -0.4 is 0 Å². The summed E-state index contributed by atoms with van der Waals surface area (Å²) >= 11 is 0. The fourth-order valence-corrected chi connectivity index (χ4v) is 2.95. The molecule has 4 nitrogen and oxygen atoms in total. The van der Waals surface area contributed by atoms with E-state index in [-0.39, 0.29) is 18.0 Å². The number of oxazole rings is 1. The molecule has 0 saturated carbocycles. The van der Waals surface area contributed by atoms with E-state index in [1.807, 2.05) is 6.92 Å². The van der Waals surface area contributed by atoms with Crippen molar-refractivity contribution in [2.24, 2.45) is 0 Å². The molecular formula is C17H21FN2O2. The smallest absolute Gasteiger partial charge is 0.229 e. The Hall–Kier alpha value is -1.72. The minimum atomic E-state index is -0.316. The van der Waals surface area contributed by atoms with Crippen molar-refractivity contribution in [2.75, 3.05) is 13.1 Å². The molecule has 1 saturated heterocycles. The van der Waals surface area contributed by atoms with Crippen LogP contribution in [0.2, 0.25) is 0 Å². The van der Waals surface area contributed by atoms with Gasteiger partial charge in [0.1, 0.15) is 11.6 Å². The Bertz CT molecular complexity index is 646. The Kier molecular flexibility index (Phi) is 4.27. The van der Waals surface area contributed by atoms with Gasteiger partial charge in [-0.25, -0.2) is 9.37 Å². The van der Waals surface area contributed by atoms with Crippen LogP contribution >= 0.6 is 0 Å². The van der Waals surface area contributed by atoms with Gasteiger partial charge in [0.25, 0.3) is 0 Å². The highest BCUT2D eigenvalue weighted by atomic mass is 19.1. The van der Waals surface area contributed by atoms with Crippen molar-refractivity contribution in [1.82, 2.24) is 9.88 Å². The molecule has 1 aliphatic rings. The Morgan fingerprint density at radius 1 is 1.23 bits per heavy atom. The van der Waals surface area contributed by atoms with Crippen molar-refractivity contribution in [1.29, 1.82) is 0 Å². The lowest BCUT2D eigenvalue weighted by Gasteiger charge is -2.34. The zero-order chi connectivity index (χ0) is 15.7. The topological polar surface area (TPSA) is 38.5 Å². The van der Waals surface area contributed by atoms with E-state index in [0.717, 1.165) is 24.5 Å². The molecule has 1 fully saturated rings. The van der Waals surface area contributed by atoms with Crippen LogP contribution in [0.15, 0.2) is 28.7 Å². The molecule has 1 aromatic heterocycles. The number of rotatable bonds is 3. The molecule has 3 rings (SSSR count). The van der Waals surface area contributed by atoms with Gasteiger partial charge in [0.05, 0.1) is 23.5 Å². The number of aryl methyl sites for hydroxylation is 1. The Balaban J connectivity index is 1.80. The van der Waals surface area contributed by atoms with Crippen LogP contribution in [0.3, 0.4) is 0 Å². The summed E-state index contributed by atoms with van der Waals surface area (Å²) in [4.78, 5) is 6.80. The molecule has 0 spiro atoms. The molecule has 2 atom stereocenters. The maximum absolute atomic E-state index is 13.9. The third-order valence-electron chi connectivity index (χ3n) is 3.87. The molecule has 2 heterocycles. The van der Waals surface area contributed by atoms with Crippen LogP contribution in [0.1, 0.15) is 25.3 Å². The van der Waals surface area contributed by atoms with E-state index in [0.29, 0.717) is 18.0 Å². The second-order valence-electron chi connectivity index (χ2n) is 5.95. The Morgan fingerprint density at radius 2 is 1.91 bits per heavy atom. The summed E-state index contributed by atoms with van der Waals surface area (Å²) in [5.41, 5.74) is 1.26. The van der Waals surface area contributed by atoms with Crippen molar-refractivity contribution in [3.05, 3.63) is 41.5 Å². The highest BCUT2D eigenvalue weighted by Gasteiger charge is 2.24. The average molecular weight is 304 g/mol. The molecule has 2 aromatic rings. The summed E-state index contributed by atoms with van der Waals surface area (Å²) in [5, 5.41) is 0. The molecule has 0 bridgehead atoms. The van der Waals surface area contributed by atoms with E-state index in [2.05, 4.69) is 23.7 Å². The molecule has 0 unspecified atom stereocenters. The Morgan fingerprint density at radius 3 is 2.59 bits per heavy atom. The number of halogens is 1. The summed E-state index contributed by atoms with van der Waals surface area (Å²) in [6.45, 7) is 8.45. The van der Waals surface area contributed by atoms with Crippen LogP contribution in [0.5, 0.6) is 0 Å². The lowest BCUT2D eigenvalue weighted by atomic mass is 10.2. The van der Waals surface area contributed by atoms with Crippen LogP contribution in [-0.4, -0.2) is 35.2 Å². The Labute approximate surface area is 129 Å². The molecule has 0 aliphatic carbocycles. The van der Waals surface area contributed by atoms with Crippen molar-refractivity contribution in [3.8, 4) is 11.5 Å². The maximum Gasteiger partial charge on any atom is 0.229 e. The maximum atomic E-state index is 13.9. The van der Waals surface area contributed by atoms with Crippen LogP contribution in [0.25, 0.3) is 11.5 Å². The summed E-state index contributed by atoms with van der Waals surface area (Å²) in [7, 11) is 0. The standard InChI is InChI=1S/C17H21FN2O2/c1-11-8-20(9-12(2)21-11)10-16-13(3)22-17(19-16)14-6-4-5-7-15(14)18/h4-7,11-12H,8-10H2,1-3H3/t11-,12+. The highest BCUT2D eigenvalue weighted by Crippen LogP contribution is 2.25. The normalized spacial score (nSPS) is 22.9. The van der Waals surface area contributed by atoms with Crippen LogP contribution in [0, 0.1) is 12.7 Å². The minimum absolute atomic E-state index is 0.210. The highest BCUT2D eigenvalue weighted by molar-refractivity contribution is 5.54. The summed E-state index contributed by atoms with van der Waals surface area (Å²) in [6, 6.07) is 6.54. The first kappa shape index (κ1) is 15.2. The molecule has 22 heavy (non-hydrogen) atoms. The van der Waals surface area contributed by atoms with E-state index in [9.17, 15) is 4.39 Å². The van der Waals surface area contributed by atoms with Gasteiger partial charge in [0, 0.05) is 19.6 Å². The molecule has 1 aliphatic heterocycles. The first-order valence-electron chi connectivity index (χ1n) is 7.62. The largest absolute Gasteiger partial charge is 0.441 e. The number of hydrogen-bond donors (Lipinski definition) is 0. The third kappa shape index (κ3) is 3.20. The van der Waals surface area contributed by atoms with Gasteiger partial charge in [0.2, 0.25) is 5.89 Å². The monoisotopic (exact) mass is 304 g/mol. The third-order valence-corrected chi connectivity index (χ3v) is 3.87. The predicted octanol–water partition coefficient (Wildman–Crippen LogP) is 3.40. The van der Waals surface area contributed by atoms with E-state index < -0.39 is 0 Å². The second kappa shape index (κ2) is 6.18. The predicted molar refractivity (Wildman–Crippen MR) is 81.9 cm³/mol. The number of morpholine rings is 1. The molecule has 118 valence electrons. The lowest BCUT2D eigenvalue weighted by molar-refractivity contribution is -0.0708. The molecule has 5 heteroatoms.